The molecule has 25 heavy (non-hydrogen) atoms. The summed E-state index contributed by atoms with van der Waals surface area (Å²) in [6.07, 6.45) is -0.351. The van der Waals surface area contributed by atoms with Crippen molar-refractivity contribution < 1.29 is 23.8 Å². The van der Waals surface area contributed by atoms with E-state index in [1.165, 1.54) is 0 Å². The number of para-hydroxylation sites is 2. The number of amides is 2. The monoisotopic (exact) mass is 348 g/mol. The van der Waals surface area contributed by atoms with Gasteiger partial charge in [-0.1, -0.05) is 12.1 Å². The van der Waals surface area contributed by atoms with Crippen molar-refractivity contribution in [1.82, 2.24) is 10.2 Å². The van der Waals surface area contributed by atoms with Crippen LogP contribution in [-0.2, 0) is 9.53 Å². The third-order valence-corrected chi connectivity index (χ3v) is 3.99. The molecular weight excluding hydrogens is 324 g/mol. The lowest BCUT2D eigenvalue weighted by Crippen LogP contribution is -2.48. The zero-order valence-corrected chi connectivity index (χ0v) is 14.8. The van der Waals surface area contributed by atoms with Crippen molar-refractivity contribution in [1.29, 1.82) is 0 Å². The maximum absolute atomic E-state index is 12.4. The fourth-order valence-corrected chi connectivity index (χ4v) is 2.81. The van der Waals surface area contributed by atoms with Gasteiger partial charge in [0.15, 0.2) is 11.5 Å². The van der Waals surface area contributed by atoms with Crippen LogP contribution in [0.25, 0.3) is 0 Å². The highest BCUT2D eigenvalue weighted by molar-refractivity contribution is 5.82. The van der Waals surface area contributed by atoms with Gasteiger partial charge in [0.05, 0.1) is 0 Å². The van der Waals surface area contributed by atoms with Gasteiger partial charge < -0.3 is 24.4 Å². The average molecular weight is 348 g/mol. The Hall–Kier alpha value is -2.44. The van der Waals surface area contributed by atoms with E-state index in [1.807, 2.05) is 32.9 Å². The molecule has 1 aromatic rings. The zero-order chi connectivity index (χ0) is 18.0. The van der Waals surface area contributed by atoms with Gasteiger partial charge in [0.25, 0.3) is 5.91 Å². The van der Waals surface area contributed by atoms with E-state index in [4.69, 9.17) is 14.2 Å². The Morgan fingerprint density at radius 3 is 2.68 bits per heavy atom. The van der Waals surface area contributed by atoms with Crippen molar-refractivity contribution in [3.63, 3.8) is 0 Å². The molecule has 0 bridgehead atoms. The molecule has 1 aromatic carbocycles. The molecule has 3 rings (SSSR count). The predicted octanol–water partition coefficient (Wildman–Crippen LogP) is 1.95. The minimum Gasteiger partial charge on any atom is -0.485 e. The minimum atomic E-state index is -0.689. The van der Waals surface area contributed by atoms with Crippen molar-refractivity contribution in [2.75, 3.05) is 19.7 Å². The van der Waals surface area contributed by atoms with E-state index >= 15 is 0 Å². The van der Waals surface area contributed by atoms with Crippen LogP contribution in [0.4, 0.5) is 4.79 Å². The molecule has 2 aliphatic heterocycles. The summed E-state index contributed by atoms with van der Waals surface area (Å²) in [7, 11) is 0. The summed E-state index contributed by atoms with van der Waals surface area (Å²) in [5, 5.41) is 2.93. The fraction of sp³-hybridized carbons (Fsp3) is 0.556. The number of rotatable bonds is 2. The molecule has 2 atom stereocenters. The average Bonchev–Trinajstić information content (AvgIpc) is 3.01. The van der Waals surface area contributed by atoms with Gasteiger partial charge in [0.1, 0.15) is 12.2 Å². The molecule has 1 fully saturated rings. The van der Waals surface area contributed by atoms with E-state index in [0.717, 1.165) is 0 Å². The molecule has 1 saturated heterocycles. The first-order valence-corrected chi connectivity index (χ1v) is 8.48. The summed E-state index contributed by atoms with van der Waals surface area (Å²) in [6.45, 7) is 6.66. The Morgan fingerprint density at radius 2 is 1.96 bits per heavy atom. The molecule has 136 valence electrons. The highest BCUT2D eigenvalue weighted by Crippen LogP contribution is 2.31. The normalized spacial score (nSPS) is 22.4. The lowest BCUT2D eigenvalue weighted by Gasteiger charge is -2.27. The SMILES string of the molecule is CC(C)(C)OC(=O)N1CC[C@H](NC(=O)[C@H]2COc3ccccc3O2)C1. The number of carbonyl (C=O) groups excluding carboxylic acids is 2. The number of benzene rings is 1. The number of fused-ring (bicyclic) bond motifs is 1. The third kappa shape index (κ3) is 4.35. The lowest BCUT2D eigenvalue weighted by molar-refractivity contribution is -0.131. The molecular formula is C18H24N2O5. The van der Waals surface area contributed by atoms with E-state index in [1.54, 1.807) is 17.0 Å². The van der Waals surface area contributed by atoms with Crippen LogP contribution in [0.5, 0.6) is 11.5 Å². The smallest absolute Gasteiger partial charge is 0.410 e. The largest absolute Gasteiger partial charge is 0.485 e. The number of ether oxygens (including phenoxy) is 3. The summed E-state index contributed by atoms with van der Waals surface area (Å²) in [5.74, 6) is 0.977. The van der Waals surface area contributed by atoms with E-state index in [2.05, 4.69) is 5.32 Å². The Bertz CT molecular complexity index is 655. The molecule has 0 unspecified atom stereocenters. The van der Waals surface area contributed by atoms with Crippen LogP contribution in [0, 0.1) is 0 Å². The number of hydrogen-bond donors (Lipinski definition) is 1. The van der Waals surface area contributed by atoms with Gasteiger partial charge in [-0.05, 0) is 39.3 Å². The van der Waals surface area contributed by atoms with Crippen LogP contribution in [0.1, 0.15) is 27.2 Å². The van der Waals surface area contributed by atoms with Crippen LogP contribution in [0.3, 0.4) is 0 Å². The van der Waals surface area contributed by atoms with Gasteiger partial charge in [-0.25, -0.2) is 4.79 Å². The van der Waals surface area contributed by atoms with Crippen LogP contribution in [0.15, 0.2) is 24.3 Å². The molecule has 7 nitrogen and oxygen atoms in total. The molecule has 7 heteroatoms. The Balaban J connectivity index is 1.50. The molecule has 2 heterocycles. The molecule has 0 radical (unpaired) electrons. The second-order valence-electron chi connectivity index (χ2n) is 7.28. The first kappa shape index (κ1) is 17.4. The second-order valence-corrected chi connectivity index (χ2v) is 7.28. The highest BCUT2D eigenvalue weighted by Gasteiger charge is 2.33. The topological polar surface area (TPSA) is 77.1 Å². The van der Waals surface area contributed by atoms with Gasteiger partial charge in [-0.3, -0.25) is 4.79 Å². The Labute approximate surface area is 147 Å². The molecule has 0 spiro atoms. The van der Waals surface area contributed by atoms with E-state index < -0.39 is 11.7 Å². The maximum atomic E-state index is 12.4. The quantitative estimate of drug-likeness (QED) is 0.884. The number of carbonyl (C=O) groups is 2. The van der Waals surface area contributed by atoms with E-state index in [0.29, 0.717) is 31.0 Å². The minimum absolute atomic E-state index is 0.110. The molecule has 2 aliphatic rings. The Kier molecular flexibility index (Phi) is 4.74. The summed E-state index contributed by atoms with van der Waals surface area (Å²) >= 11 is 0. The fourth-order valence-electron chi connectivity index (χ4n) is 2.81. The Morgan fingerprint density at radius 1 is 1.24 bits per heavy atom. The van der Waals surface area contributed by atoms with Crippen LogP contribution in [0.2, 0.25) is 0 Å². The van der Waals surface area contributed by atoms with Crippen LogP contribution >= 0.6 is 0 Å². The first-order valence-electron chi connectivity index (χ1n) is 8.48. The van der Waals surface area contributed by atoms with E-state index in [9.17, 15) is 9.59 Å². The second kappa shape index (κ2) is 6.82. The summed E-state index contributed by atoms with van der Waals surface area (Å²) < 4.78 is 16.6. The van der Waals surface area contributed by atoms with Gasteiger partial charge in [-0.15, -0.1) is 0 Å². The van der Waals surface area contributed by atoms with Crippen molar-refractivity contribution in [2.45, 2.75) is 44.9 Å². The van der Waals surface area contributed by atoms with Crippen molar-refractivity contribution in [3.05, 3.63) is 24.3 Å². The molecule has 0 aliphatic carbocycles. The predicted molar refractivity (Wildman–Crippen MR) is 90.7 cm³/mol. The molecule has 1 N–H and O–H groups in total. The number of hydrogen-bond acceptors (Lipinski definition) is 5. The molecule has 2 amide bonds. The van der Waals surface area contributed by atoms with E-state index in [-0.39, 0.29) is 24.6 Å². The number of nitrogens with zero attached hydrogens (tertiary/aromatic N) is 1. The maximum Gasteiger partial charge on any atom is 0.410 e. The van der Waals surface area contributed by atoms with Crippen molar-refractivity contribution in [2.24, 2.45) is 0 Å². The zero-order valence-electron chi connectivity index (χ0n) is 14.8. The summed E-state index contributed by atoms with van der Waals surface area (Å²) in [5.41, 5.74) is -0.529. The van der Waals surface area contributed by atoms with Crippen molar-refractivity contribution >= 4 is 12.0 Å². The number of nitrogens with one attached hydrogen (secondary N) is 1. The van der Waals surface area contributed by atoms with Gasteiger partial charge in [0.2, 0.25) is 6.10 Å². The summed E-state index contributed by atoms with van der Waals surface area (Å²) in [6, 6.07) is 7.15. The highest BCUT2D eigenvalue weighted by atomic mass is 16.6. The van der Waals surface area contributed by atoms with Gasteiger partial charge >= 0.3 is 6.09 Å². The van der Waals surface area contributed by atoms with Gasteiger partial charge in [-0.2, -0.15) is 0 Å². The van der Waals surface area contributed by atoms with Crippen molar-refractivity contribution in [3.8, 4) is 11.5 Å². The lowest BCUT2D eigenvalue weighted by atomic mass is 10.2. The van der Waals surface area contributed by atoms with Crippen LogP contribution in [-0.4, -0.2) is 54.3 Å². The first-order chi connectivity index (χ1) is 11.8. The standard InChI is InChI=1S/C18H24N2O5/c1-18(2,3)25-17(22)20-9-8-12(10-20)19-16(21)15-11-23-13-6-4-5-7-14(13)24-15/h4-7,12,15H,8-11H2,1-3H3,(H,19,21)/t12-,15+/m0/s1. The summed E-state index contributed by atoms with van der Waals surface area (Å²) in [4.78, 5) is 26.1. The third-order valence-electron chi connectivity index (χ3n) is 3.99. The van der Waals surface area contributed by atoms with Crippen LogP contribution < -0.4 is 14.8 Å². The number of likely N-dealkylation sites (tertiary alicyclic amines) is 1. The molecule has 0 saturated carbocycles. The molecule has 0 aromatic heterocycles. The van der Waals surface area contributed by atoms with Gasteiger partial charge in [0, 0.05) is 19.1 Å².